The van der Waals surface area contributed by atoms with Gasteiger partial charge in [-0.1, -0.05) is 6.08 Å². The molecule has 4 heteroatoms. The van der Waals surface area contributed by atoms with Gasteiger partial charge in [-0.05, 0) is 31.6 Å². The van der Waals surface area contributed by atoms with Crippen molar-refractivity contribution >= 4 is 6.03 Å². The molecule has 0 atom stereocenters. The van der Waals surface area contributed by atoms with Crippen LogP contribution in [0.5, 0.6) is 0 Å². The topological polar surface area (TPSA) is 52.6 Å². The van der Waals surface area contributed by atoms with Crippen molar-refractivity contribution in [2.75, 3.05) is 20.2 Å². The first-order valence-corrected chi connectivity index (χ1v) is 5.91. The third-order valence-electron chi connectivity index (χ3n) is 3.34. The van der Waals surface area contributed by atoms with Crippen LogP contribution in [0.4, 0.5) is 4.79 Å². The predicted octanol–water partition coefficient (Wildman–Crippen LogP) is 1.36. The van der Waals surface area contributed by atoms with Crippen LogP contribution in [0.1, 0.15) is 25.7 Å². The smallest absolute Gasteiger partial charge is 0.317 e. The number of hydrogen-bond donors (Lipinski definition) is 2. The second-order valence-electron chi connectivity index (χ2n) is 4.44. The van der Waals surface area contributed by atoms with Gasteiger partial charge >= 0.3 is 6.03 Å². The Morgan fingerprint density at radius 1 is 1.50 bits per heavy atom. The number of urea groups is 1. The first-order chi connectivity index (χ1) is 7.69. The summed E-state index contributed by atoms with van der Waals surface area (Å²) in [6.45, 7) is 4.35. The Morgan fingerprint density at radius 3 is 2.62 bits per heavy atom. The molecule has 0 bridgehead atoms. The van der Waals surface area contributed by atoms with Crippen LogP contribution in [0, 0.1) is 5.92 Å². The predicted molar refractivity (Wildman–Crippen MR) is 64.2 cm³/mol. The second-order valence-corrected chi connectivity index (χ2v) is 4.44. The van der Waals surface area contributed by atoms with Gasteiger partial charge in [0.05, 0.1) is 0 Å². The highest BCUT2D eigenvalue weighted by atomic mass is 16.3. The zero-order valence-corrected chi connectivity index (χ0v) is 9.98. The van der Waals surface area contributed by atoms with Gasteiger partial charge in [-0.3, -0.25) is 0 Å². The molecule has 4 nitrogen and oxygen atoms in total. The van der Waals surface area contributed by atoms with Crippen LogP contribution in [0.2, 0.25) is 0 Å². The average molecular weight is 226 g/mol. The van der Waals surface area contributed by atoms with Crippen molar-refractivity contribution < 1.29 is 9.90 Å². The largest absolute Gasteiger partial charge is 0.396 e. The van der Waals surface area contributed by atoms with Crippen LogP contribution in [-0.4, -0.2) is 42.3 Å². The summed E-state index contributed by atoms with van der Waals surface area (Å²) >= 11 is 0. The summed E-state index contributed by atoms with van der Waals surface area (Å²) in [5.41, 5.74) is 0. The van der Waals surface area contributed by atoms with E-state index in [0.29, 0.717) is 18.5 Å². The van der Waals surface area contributed by atoms with E-state index < -0.39 is 0 Å². The maximum atomic E-state index is 11.7. The molecule has 0 aromatic rings. The van der Waals surface area contributed by atoms with Gasteiger partial charge in [0, 0.05) is 26.2 Å². The number of carbonyl (C=O) groups is 1. The lowest BCUT2D eigenvalue weighted by molar-refractivity contribution is 0.134. The summed E-state index contributed by atoms with van der Waals surface area (Å²) in [7, 11) is 1.84. The number of amides is 2. The minimum Gasteiger partial charge on any atom is -0.396 e. The van der Waals surface area contributed by atoms with Crippen molar-refractivity contribution in [2.45, 2.75) is 31.7 Å². The van der Waals surface area contributed by atoms with Crippen LogP contribution in [0.15, 0.2) is 12.7 Å². The van der Waals surface area contributed by atoms with Crippen molar-refractivity contribution in [3.8, 4) is 0 Å². The Balaban J connectivity index is 2.34. The molecule has 0 saturated heterocycles. The second kappa shape index (κ2) is 6.53. The normalized spacial score (nSPS) is 24.9. The molecular formula is C12H22N2O2. The molecule has 0 unspecified atom stereocenters. The van der Waals surface area contributed by atoms with Crippen LogP contribution >= 0.6 is 0 Å². The summed E-state index contributed by atoms with van der Waals surface area (Å²) in [5, 5.41) is 11.8. The molecule has 1 aliphatic carbocycles. The fourth-order valence-electron chi connectivity index (χ4n) is 2.16. The van der Waals surface area contributed by atoms with E-state index in [-0.39, 0.29) is 12.6 Å². The monoisotopic (exact) mass is 226 g/mol. The summed E-state index contributed by atoms with van der Waals surface area (Å²) in [4.78, 5) is 13.4. The third kappa shape index (κ3) is 3.52. The quantitative estimate of drug-likeness (QED) is 0.711. The Morgan fingerprint density at radius 2 is 2.12 bits per heavy atom. The average Bonchev–Trinajstić information content (AvgIpc) is 2.35. The molecule has 0 spiro atoms. The lowest BCUT2D eigenvalue weighted by atomic mass is 9.86. The van der Waals surface area contributed by atoms with E-state index in [9.17, 15) is 4.79 Å². The molecule has 0 aromatic heterocycles. The summed E-state index contributed by atoms with van der Waals surface area (Å²) in [6, 6.07) is 0.278. The van der Waals surface area contributed by atoms with Gasteiger partial charge in [-0.25, -0.2) is 4.79 Å². The van der Waals surface area contributed by atoms with Gasteiger partial charge in [0.2, 0.25) is 0 Å². The minimum absolute atomic E-state index is 0.0349. The SMILES string of the molecule is C=CCNC(=O)N(C)C1CCC(CO)CC1. The number of hydrogen-bond acceptors (Lipinski definition) is 2. The zero-order valence-electron chi connectivity index (χ0n) is 9.98. The molecule has 1 saturated carbocycles. The van der Waals surface area contributed by atoms with Gasteiger partial charge in [0.25, 0.3) is 0 Å². The molecule has 1 fully saturated rings. The van der Waals surface area contributed by atoms with Crippen LogP contribution < -0.4 is 5.32 Å². The van der Waals surface area contributed by atoms with Crippen molar-refractivity contribution in [1.82, 2.24) is 10.2 Å². The fourth-order valence-corrected chi connectivity index (χ4v) is 2.16. The standard InChI is InChI=1S/C12H22N2O2/c1-3-8-13-12(16)14(2)11-6-4-10(9-15)5-7-11/h3,10-11,15H,1,4-9H2,2H3,(H,13,16). The number of carbonyl (C=O) groups excluding carboxylic acids is 1. The minimum atomic E-state index is -0.0349. The van der Waals surface area contributed by atoms with E-state index >= 15 is 0 Å². The van der Waals surface area contributed by atoms with E-state index in [1.807, 2.05) is 7.05 Å². The first-order valence-electron chi connectivity index (χ1n) is 5.91. The first kappa shape index (κ1) is 13.0. The summed E-state index contributed by atoms with van der Waals surface area (Å²) < 4.78 is 0. The van der Waals surface area contributed by atoms with E-state index in [2.05, 4.69) is 11.9 Å². The zero-order chi connectivity index (χ0) is 12.0. The molecule has 0 aromatic carbocycles. The third-order valence-corrected chi connectivity index (χ3v) is 3.34. The molecule has 16 heavy (non-hydrogen) atoms. The van der Waals surface area contributed by atoms with Crippen LogP contribution in [0.3, 0.4) is 0 Å². The Kier molecular flexibility index (Phi) is 5.32. The molecule has 1 aliphatic rings. The molecular weight excluding hydrogens is 204 g/mol. The number of aliphatic hydroxyl groups excluding tert-OH is 1. The lowest BCUT2D eigenvalue weighted by Crippen LogP contribution is -2.45. The number of nitrogens with zero attached hydrogens (tertiary/aromatic N) is 1. The Bertz CT molecular complexity index is 235. The van der Waals surface area contributed by atoms with Crippen molar-refractivity contribution in [3.63, 3.8) is 0 Å². The maximum Gasteiger partial charge on any atom is 0.317 e. The Labute approximate surface area is 97.3 Å². The number of aliphatic hydroxyl groups is 1. The summed E-state index contributed by atoms with van der Waals surface area (Å²) in [6.07, 6.45) is 5.68. The summed E-state index contributed by atoms with van der Waals surface area (Å²) in [5.74, 6) is 0.431. The van der Waals surface area contributed by atoms with E-state index in [1.165, 1.54) is 0 Å². The Hall–Kier alpha value is -1.03. The van der Waals surface area contributed by atoms with Gasteiger partial charge in [0.15, 0.2) is 0 Å². The molecule has 0 heterocycles. The highest BCUT2D eigenvalue weighted by molar-refractivity contribution is 5.74. The van der Waals surface area contributed by atoms with Crippen LogP contribution in [0.25, 0.3) is 0 Å². The number of nitrogens with one attached hydrogen (secondary N) is 1. The number of rotatable bonds is 4. The van der Waals surface area contributed by atoms with Crippen molar-refractivity contribution in [2.24, 2.45) is 5.92 Å². The molecule has 0 radical (unpaired) electrons. The molecule has 92 valence electrons. The highest BCUT2D eigenvalue weighted by Gasteiger charge is 2.25. The molecule has 2 amide bonds. The molecule has 0 aliphatic heterocycles. The maximum absolute atomic E-state index is 11.7. The molecule has 2 N–H and O–H groups in total. The van der Waals surface area contributed by atoms with E-state index in [0.717, 1.165) is 25.7 Å². The van der Waals surface area contributed by atoms with Gasteiger partial charge in [0.1, 0.15) is 0 Å². The van der Waals surface area contributed by atoms with E-state index in [1.54, 1.807) is 11.0 Å². The van der Waals surface area contributed by atoms with Crippen LogP contribution in [-0.2, 0) is 0 Å². The molecule has 1 rings (SSSR count). The van der Waals surface area contributed by atoms with Gasteiger partial charge < -0.3 is 15.3 Å². The van der Waals surface area contributed by atoms with Crippen molar-refractivity contribution in [3.05, 3.63) is 12.7 Å². The van der Waals surface area contributed by atoms with Gasteiger partial charge in [-0.2, -0.15) is 0 Å². The fraction of sp³-hybridized carbons (Fsp3) is 0.750. The van der Waals surface area contributed by atoms with E-state index in [4.69, 9.17) is 5.11 Å². The lowest BCUT2D eigenvalue weighted by Gasteiger charge is -2.34. The van der Waals surface area contributed by atoms with Crippen molar-refractivity contribution in [1.29, 1.82) is 0 Å². The van der Waals surface area contributed by atoms with Gasteiger partial charge in [-0.15, -0.1) is 6.58 Å². The highest BCUT2D eigenvalue weighted by Crippen LogP contribution is 2.26.